The topological polar surface area (TPSA) is 21.3 Å². The molecule has 0 fully saturated rings. The van der Waals surface area contributed by atoms with Crippen LogP contribution in [-0.2, 0) is 0 Å². The highest BCUT2D eigenvalue weighted by molar-refractivity contribution is 7.10. The van der Waals surface area contributed by atoms with E-state index in [1.807, 2.05) is 18.4 Å². The van der Waals surface area contributed by atoms with Crippen LogP contribution < -0.4 is 10.1 Å². The van der Waals surface area contributed by atoms with Crippen LogP contribution in [0.1, 0.15) is 36.4 Å². The molecule has 0 saturated carbocycles. The van der Waals surface area contributed by atoms with E-state index in [1.165, 1.54) is 10.9 Å². The smallest absolute Gasteiger partial charge is 0.131 e. The van der Waals surface area contributed by atoms with E-state index in [-0.39, 0.29) is 17.9 Å². The van der Waals surface area contributed by atoms with Gasteiger partial charge in [-0.1, -0.05) is 12.1 Å². The molecule has 2 nitrogen and oxygen atoms in total. The van der Waals surface area contributed by atoms with E-state index < -0.39 is 0 Å². The highest BCUT2D eigenvalue weighted by Gasteiger charge is 2.18. The van der Waals surface area contributed by atoms with Gasteiger partial charge in [-0.3, -0.25) is 0 Å². The van der Waals surface area contributed by atoms with E-state index in [4.69, 9.17) is 4.74 Å². The molecule has 0 saturated heterocycles. The molecule has 0 bridgehead atoms. The second-order valence-electron chi connectivity index (χ2n) is 4.48. The Labute approximate surface area is 117 Å². The molecule has 2 rings (SSSR count). The molecule has 2 aromatic rings. The van der Waals surface area contributed by atoms with E-state index >= 15 is 0 Å². The van der Waals surface area contributed by atoms with Crippen molar-refractivity contribution in [2.75, 3.05) is 7.11 Å². The maximum Gasteiger partial charge on any atom is 0.131 e. The van der Waals surface area contributed by atoms with Crippen molar-refractivity contribution in [3.8, 4) is 5.75 Å². The van der Waals surface area contributed by atoms with Gasteiger partial charge in [0.05, 0.1) is 7.11 Å². The summed E-state index contributed by atoms with van der Waals surface area (Å²) in [6.07, 6.45) is 0. The molecule has 1 heterocycles. The van der Waals surface area contributed by atoms with Gasteiger partial charge in [0.2, 0.25) is 0 Å². The first-order valence-corrected chi connectivity index (χ1v) is 7.13. The molecule has 1 aromatic carbocycles. The highest BCUT2D eigenvalue weighted by atomic mass is 32.1. The van der Waals surface area contributed by atoms with Crippen LogP contribution in [-0.4, -0.2) is 7.11 Å². The molecular weight excluding hydrogens is 261 g/mol. The lowest BCUT2D eigenvalue weighted by atomic mass is 10.1. The predicted molar refractivity (Wildman–Crippen MR) is 77.2 cm³/mol. The van der Waals surface area contributed by atoms with Gasteiger partial charge in [-0.25, -0.2) is 4.39 Å². The third kappa shape index (κ3) is 3.14. The highest BCUT2D eigenvalue weighted by Crippen LogP contribution is 2.30. The van der Waals surface area contributed by atoms with Crippen LogP contribution in [0.5, 0.6) is 5.75 Å². The van der Waals surface area contributed by atoms with Crippen LogP contribution in [0.15, 0.2) is 35.7 Å². The van der Waals surface area contributed by atoms with Gasteiger partial charge < -0.3 is 10.1 Å². The summed E-state index contributed by atoms with van der Waals surface area (Å²) in [7, 11) is 1.56. The van der Waals surface area contributed by atoms with Crippen LogP contribution in [0, 0.1) is 5.82 Å². The van der Waals surface area contributed by atoms with E-state index in [0.717, 1.165) is 0 Å². The second-order valence-corrected chi connectivity index (χ2v) is 5.46. The molecule has 4 heteroatoms. The van der Waals surface area contributed by atoms with Crippen LogP contribution in [0.4, 0.5) is 4.39 Å². The number of ether oxygens (including phenoxy) is 1. The number of benzene rings is 1. The summed E-state index contributed by atoms with van der Waals surface area (Å²) in [4.78, 5) is 1.24. The van der Waals surface area contributed by atoms with E-state index in [1.54, 1.807) is 30.6 Å². The number of nitrogens with one attached hydrogen (secondary N) is 1. The molecule has 0 aliphatic rings. The molecule has 0 aliphatic heterocycles. The summed E-state index contributed by atoms with van der Waals surface area (Å²) in [6, 6.07) is 9.07. The molecule has 0 radical (unpaired) electrons. The molecule has 1 unspecified atom stereocenters. The molecular formula is C15H18FNOS. The molecule has 0 amide bonds. The van der Waals surface area contributed by atoms with Crippen molar-refractivity contribution in [1.29, 1.82) is 0 Å². The fourth-order valence-corrected chi connectivity index (χ4v) is 2.94. The van der Waals surface area contributed by atoms with Crippen LogP contribution in [0.3, 0.4) is 0 Å². The maximum atomic E-state index is 14.0. The van der Waals surface area contributed by atoms with Crippen molar-refractivity contribution in [3.05, 3.63) is 52.0 Å². The van der Waals surface area contributed by atoms with Crippen LogP contribution in [0.25, 0.3) is 0 Å². The first kappa shape index (κ1) is 14.0. The Kier molecular flexibility index (Phi) is 4.56. The lowest BCUT2D eigenvalue weighted by molar-refractivity contribution is 0.388. The van der Waals surface area contributed by atoms with E-state index in [9.17, 15) is 4.39 Å². The van der Waals surface area contributed by atoms with Gasteiger partial charge in [-0.2, -0.15) is 0 Å². The Balaban J connectivity index is 2.18. The van der Waals surface area contributed by atoms with Crippen molar-refractivity contribution in [2.24, 2.45) is 0 Å². The molecule has 2 atom stereocenters. The van der Waals surface area contributed by atoms with Crippen LogP contribution >= 0.6 is 11.3 Å². The van der Waals surface area contributed by atoms with Gasteiger partial charge in [0.15, 0.2) is 0 Å². The largest absolute Gasteiger partial charge is 0.496 e. The third-order valence-electron chi connectivity index (χ3n) is 3.14. The summed E-state index contributed by atoms with van der Waals surface area (Å²) in [5, 5.41) is 5.45. The van der Waals surface area contributed by atoms with E-state index in [0.29, 0.717) is 11.3 Å². The molecule has 1 aromatic heterocycles. The predicted octanol–water partition coefficient (Wildman–Crippen LogP) is 4.31. The summed E-state index contributed by atoms with van der Waals surface area (Å²) in [6.45, 7) is 4.03. The summed E-state index contributed by atoms with van der Waals surface area (Å²) < 4.78 is 19.2. The molecule has 1 N–H and O–H groups in total. The SMILES string of the molecule is COc1cccc(F)c1C(C)N[C@H](C)c1cccs1. The first-order valence-electron chi connectivity index (χ1n) is 6.25. The number of rotatable bonds is 5. The van der Waals surface area contributed by atoms with Gasteiger partial charge in [-0.05, 0) is 37.4 Å². The van der Waals surface area contributed by atoms with Crippen LogP contribution in [0.2, 0.25) is 0 Å². The Hall–Kier alpha value is -1.39. The average Bonchev–Trinajstić information content (AvgIpc) is 2.92. The minimum absolute atomic E-state index is 0.117. The molecule has 0 spiro atoms. The maximum absolute atomic E-state index is 14.0. The van der Waals surface area contributed by atoms with Gasteiger partial charge in [-0.15, -0.1) is 11.3 Å². The quantitative estimate of drug-likeness (QED) is 0.880. The van der Waals surface area contributed by atoms with Gasteiger partial charge in [0.25, 0.3) is 0 Å². The lowest BCUT2D eigenvalue weighted by Crippen LogP contribution is -2.23. The second kappa shape index (κ2) is 6.17. The fourth-order valence-electron chi connectivity index (χ4n) is 2.19. The average molecular weight is 279 g/mol. The van der Waals surface area contributed by atoms with Crippen molar-refractivity contribution in [3.63, 3.8) is 0 Å². The number of hydrogen-bond acceptors (Lipinski definition) is 3. The number of halogens is 1. The van der Waals surface area contributed by atoms with Crippen molar-refractivity contribution >= 4 is 11.3 Å². The number of hydrogen-bond donors (Lipinski definition) is 1. The first-order chi connectivity index (χ1) is 9.13. The van der Waals surface area contributed by atoms with Gasteiger partial charge in [0.1, 0.15) is 11.6 Å². The zero-order chi connectivity index (χ0) is 13.8. The van der Waals surface area contributed by atoms with Gasteiger partial charge in [0, 0.05) is 22.5 Å². The minimum atomic E-state index is -0.238. The Morgan fingerprint density at radius 2 is 1.95 bits per heavy atom. The van der Waals surface area contributed by atoms with Crippen molar-refractivity contribution in [1.82, 2.24) is 5.32 Å². The lowest BCUT2D eigenvalue weighted by Gasteiger charge is -2.21. The fraction of sp³-hybridized carbons (Fsp3) is 0.333. The molecule has 19 heavy (non-hydrogen) atoms. The third-order valence-corrected chi connectivity index (χ3v) is 4.19. The standard InChI is InChI=1S/C15H18FNOS/c1-10(14-8-5-9-19-14)17-11(2)15-12(16)6-4-7-13(15)18-3/h4-11,17H,1-3H3/t10-,11?/m1/s1. The summed E-state index contributed by atoms with van der Waals surface area (Å²) in [5.74, 6) is 0.344. The van der Waals surface area contributed by atoms with Crippen molar-refractivity contribution in [2.45, 2.75) is 25.9 Å². The Bertz CT molecular complexity index is 527. The zero-order valence-corrected chi connectivity index (χ0v) is 12.1. The molecule has 0 aliphatic carbocycles. The normalized spacial score (nSPS) is 14.1. The number of methoxy groups -OCH3 is 1. The molecule has 102 valence electrons. The van der Waals surface area contributed by atoms with Gasteiger partial charge >= 0.3 is 0 Å². The monoisotopic (exact) mass is 279 g/mol. The van der Waals surface area contributed by atoms with E-state index in [2.05, 4.69) is 18.3 Å². The zero-order valence-electron chi connectivity index (χ0n) is 11.3. The summed E-state index contributed by atoms with van der Waals surface area (Å²) >= 11 is 1.69. The summed E-state index contributed by atoms with van der Waals surface area (Å²) in [5.41, 5.74) is 0.577. The van der Waals surface area contributed by atoms with Crippen molar-refractivity contribution < 1.29 is 9.13 Å². The number of thiophene rings is 1. The Morgan fingerprint density at radius 1 is 1.16 bits per heavy atom. The minimum Gasteiger partial charge on any atom is -0.496 e. The Morgan fingerprint density at radius 3 is 2.58 bits per heavy atom.